The van der Waals surface area contributed by atoms with E-state index >= 15 is 0 Å². The van der Waals surface area contributed by atoms with Gasteiger partial charge < -0.3 is 0 Å². The number of benzene rings is 1. The van der Waals surface area contributed by atoms with Crippen molar-refractivity contribution in [2.24, 2.45) is 10.2 Å². The molecule has 2 amide bonds. The maximum absolute atomic E-state index is 12.2. The minimum atomic E-state index is -0.340. The van der Waals surface area contributed by atoms with Crippen molar-refractivity contribution in [2.45, 2.75) is 26.7 Å². The monoisotopic (exact) mass is 438 g/mol. The van der Waals surface area contributed by atoms with E-state index in [2.05, 4.69) is 34.9 Å². The first-order valence-corrected chi connectivity index (χ1v) is 11.2. The number of amides is 2. The van der Waals surface area contributed by atoms with E-state index in [1.54, 1.807) is 59.4 Å². The largest absolute Gasteiger partial charge is 0.271 e. The molecule has 0 aliphatic rings. The summed E-state index contributed by atoms with van der Waals surface area (Å²) < 4.78 is 0. The molecule has 0 aliphatic heterocycles. The van der Waals surface area contributed by atoms with Gasteiger partial charge in [0.25, 0.3) is 11.8 Å². The van der Waals surface area contributed by atoms with E-state index in [9.17, 15) is 9.59 Å². The lowest BCUT2D eigenvalue weighted by atomic mass is 10.1. The second-order valence-electron chi connectivity index (χ2n) is 6.29. The van der Waals surface area contributed by atoms with Gasteiger partial charge in [-0.15, -0.1) is 22.7 Å². The molecule has 154 valence electrons. The molecular formula is C22H22N4O2S2. The first kappa shape index (κ1) is 21.6. The van der Waals surface area contributed by atoms with Crippen LogP contribution in [0, 0.1) is 0 Å². The number of carbonyl (C=O) groups excluding carboxylic acids is 2. The SMILES string of the molecule is CCc1ccc(/C=N/NC(=O)c2ccc(C(=O)N/N=C/c3ccc(CC)s3)cc2)s1. The second-order valence-corrected chi connectivity index (χ2v) is 8.69. The molecule has 0 unspecified atom stereocenters. The van der Waals surface area contributed by atoms with Gasteiger partial charge in [0.05, 0.1) is 12.4 Å². The maximum atomic E-state index is 12.2. The Labute approximate surface area is 183 Å². The zero-order valence-corrected chi connectivity index (χ0v) is 18.3. The Balaban J connectivity index is 1.51. The summed E-state index contributed by atoms with van der Waals surface area (Å²) in [6.07, 6.45) is 5.20. The third-order valence-electron chi connectivity index (χ3n) is 4.19. The number of nitrogens with one attached hydrogen (secondary N) is 2. The molecular weight excluding hydrogens is 416 g/mol. The molecule has 3 aromatic rings. The van der Waals surface area contributed by atoms with E-state index in [0.717, 1.165) is 22.6 Å². The predicted octanol–water partition coefficient (Wildman–Crippen LogP) is 4.46. The van der Waals surface area contributed by atoms with Gasteiger partial charge in [-0.1, -0.05) is 13.8 Å². The van der Waals surface area contributed by atoms with Crippen molar-refractivity contribution >= 4 is 46.9 Å². The van der Waals surface area contributed by atoms with Crippen LogP contribution < -0.4 is 10.9 Å². The Bertz CT molecular complexity index is 980. The summed E-state index contributed by atoms with van der Waals surface area (Å²) in [5, 5.41) is 7.98. The molecule has 0 radical (unpaired) electrons. The van der Waals surface area contributed by atoms with Crippen LogP contribution in [-0.4, -0.2) is 24.2 Å². The van der Waals surface area contributed by atoms with Crippen LogP contribution in [-0.2, 0) is 12.8 Å². The fraction of sp³-hybridized carbons (Fsp3) is 0.182. The third-order valence-corrected chi connectivity index (χ3v) is 6.52. The molecule has 0 atom stereocenters. The minimum absolute atomic E-state index is 0.340. The molecule has 30 heavy (non-hydrogen) atoms. The first-order chi connectivity index (χ1) is 14.6. The number of carbonyl (C=O) groups is 2. The Morgan fingerprint density at radius 3 is 1.47 bits per heavy atom. The van der Waals surface area contributed by atoms with Crippen molar-refractivity contribution in [3.05, 3.63) is 79.2 Å². The van der Waals surface area contributed by atoms with Gasteiger partial charge in [0, 0.05) is 30.6 Å². The van der Waals surface area contributed by atoms with Gasteiger partial charge in [-0.05, 0) is 61.4 Å². The van der Waals surface area contributed by atoms with Gasteiger partial charge in [0.1, 0.15) is 0 Å². The van der Waals surface area contributed by atoms with Crippen LogP contribution in [0.3, 0.4) is 0 Å². The van der Waals surface area contributed by atoms with Crippen molar-refractivity contribution < 1.29 is 9.59 Å². The lowest BCUT2D eigenvalue weighted by Gasteiger charge is -2.02. The van der Waals surface area contributed by atoms with Crippen LogP contribution >= 0.6 is 22.7 Å². The smallest absolute Gasteiger partial charge is 0.267 e. The number of hydrogen-bond donors (Lipinski definition) is 2. The van der Waals surface area contributed by atoms with Crippen molar-refractivity contribution in [3.8, 4) is 0 Å². The molecule has 0 saturated carbocycles. The number of rotatable bonds is 8. The van der Waals surface area contributed by atoms with E-state index in [1.165, 1.54) is 9.75 Å². The van der Waals surface area contributed by atoms with E-state index in [1.807, 2.05) is 24.3 Å². The highest BCUT2D eigenvalue weighted by molar-refractivity contribution is 7.14. The van der Waals surface area contributed by atoms with E-state index in [-0.39, 0.29) is 11.8 Å². The predicted molar refractivity (Wildman–Crippen MR) is 124 cm³/mol. The Kier molecular flexibility index (Phi) is 7.64. The van der Waals surface area contributed by atoms with Gasteiger partial charge in [0.2, 0.25) is 0 Å². The van der Waals surface area contributed by atoms with Crippen LogP contribution in [0.25, 0.3) is 0 Å². The molecule has 2 heterocycles. The highest BCUT2D eigenvalue weighted by atomic mass is 32.1. The molecule has 0 aliphatic carbocycles. The fourth-order valence-corrected chi connectivity index (χ4v) is 4.17. The molecule has 2 aromatic heterocycles. The highest BCUT2D eigenvalue weighted by Gasteiger charge is 2.08. The second kappa shape index (κ2) is 10.6. The molecule has 8 heteroatoms. The summed E-state index contributed by atoms with van der Waals surface area (Å²) >= 11 is 3.27. The number of thiophene rings is 2. The van der Waals surface area contributed by atoms with Gasteiger partial charge >= 0.3 is 0 Å². The van der Waals surface area contributed by atoms with Crippen molar-refractivity contribution in [1.82, 2.24) is 10.9 Å². The van der Waals surface area contributed by atoms with Crippen LogP contribution in [0.1, 0.15) is 54.1 Å². The molecule has 0 bridgehead atoms. The topological polar surface area (TPSA) is 82.9 Å². The van der Waals surface area contributed by atoms with Crippen molar-refractivity contribution in [3.63, 3.8) is 0 Å². The van der Waals surface area contributed by atoms with Crippen LogP contribution in [0.4, 0.5) is 0 Å². The molecule has 1 aromatic carbocycles. The van der Waals surface area contributed by atoms with Gasteiger partial charge in [0.15, 0.2) is 0 Å². The number of hydrazone groups is 2. The summed E-state index contributed by atoms with van der Waals surface area (Å²) in [5.41, 5.74) is 5.82. The summed E-state index contributed by atoms with van der Waals surface area (Å²) in [7, 11) is 0. The molecule has 2 N–H and O–H groups in total. The maximum Gasteiger partial charge on any atom is 0.271 e. The summed E-state index contributed by atoms with van der Waals surface area (Å²) in [4.78, 5) is 28.9. The fourth-order valence-electron chi connectivity index (χ4n) is 2.52. The molecule has 3 rings (SSSR count). The van der Waals surface area contributed by atoms with Crippen molar-refractivity contribution in [2.75, 3.05) is 0 Å². The van der Waals surface area contributed by atoms with Crippen LogP contribution in [0.2, 0.25) is 0 Å². The molecule has 0 saturated heterocycles. The Hall–Kier alpha value is -3.10. The average Bonchev–Trinajstić information content (AvgIpc) is 3.43. The van der Waals surface area contributed by atoms with Gasteiger partial charge in [-0.2, -0.15) is 10.2 Å². The Morgan fingerprint density at radius 2 is 1.13 bits per heavy atom. The zero-order chi connectivity index (χ0) is 21.3. The average molecular weight is 439 g/mol. The molecule has 6 nitrogen and oxygen atoms in total. The normalized spacial score (nSPS) is 11.3. The standard InChI is InChI=1S/C22H22N4O2S2/c1-3-17-9-11-19(29-17)13-23-25-21(27)15-5-7-16(8-6-15)22(28)26-24-14-20-12-10-18(4-2)30-20/h5-14H,3-4H2,1-2H3,(H,25,27)(H,26,28)/b23-13+,24-14+. The number of hydrogen-bond acceptors (Lipinski definition) is 6. The lowest BCUT2D eigenvalue weighted by Crippen LogP contribution is -2.19. The van der Waals surface area contributed by atoms with E-state index < -0.39 is 0 Å². The highest BCUT2D eigenvalue weighted by Crippen LogP contribution is 2.15. The van der Waals surface area contributed by atoms with Crippen molar-refractivity contribution in [1.29, 1.82) is 0 Å². The van der Waals surface area contributed by atoms with Crippen LogP contribution in [0.5, 0.6) is 0 Å². The summed E-state index contributed by atoms with van der Waals surface area (Å²) in [5.74, 6) is -0.680. The van der Waals surface area contributed by atoms with Gasteiger partial charge in [-0.25, -0.2) is 10.9 Å². The first-order valence-electron chi connectivity index (χ1n) is 9.53. The van der Waals surface area contributed by atoms with E-state index in [0.29, 0.717) is 11.1 Å². The molecule has 0 spiro atoms. The summed E-state index contributed by atoms with van der Waals surface area (Å²) in [6, 6.07) is 14.3. The van der Waals surface area contributed by atoms with Crippen LogP contribution in [0.15, 0.2) is 58.7 Å². The third kappa shape index (κ3) is 5.95. The quantitative estimate of drug-likeness (QED) is 0.402. The van der Waals surface area contributed by atoms with E-state index in [4.69, 9.17) is 0 Å². The summed E-state index contributed by atoms with van der Waals surface area (Å²) in [6.45, 7) is 4.19. The number of nitrogens with zero attached hydrogens (tertiary/aromatic N) is 2. The van der Waals surface area contributed by atoms with Gasteiger partial charge in [-0.3, -0.25) is 9.59 Å². The molecule has 0 fully saturated rings. The minimum Gasteiger partial charge on any atom is -0.267 e. The lowest BCUT2D eigenvalue weighted by molar-refractivity contribution is 0.0943. The number of aryl methyl sites for hydroxylation is 2. The Morgan fingerprint density at radius 1 is 0.733 bits per heavy atom. The zero-order valence-electron chi connectivity index (χ0n) is 16.7.